The third-order valence-corrected chi connectivity index (χ3v) is 9.88. The van der Waals surface area contributed by atoms with Crippen molar-refractivity contribution in [2.24, 2.45) is 0 Å². The lowest BCUT2D eigenvalue weighted by atomic mass is 9.66. The normalized spacial score (nSPS) is 13.1. The van der Waals surface area contributed by atoms with Gasteiger partial charge in [0.2, 0.25) is 0 Å². The van der Waals surface area contributed by atoms with E-state index >= 15 is 0 Å². The summed E-state index contributed by atoms with van der Waals surface area (Å²) in [6.45, 7) is 10.9. The lowest BCUT2D eigenvalue weighted by Crippen LogP contribution is -2.29. The van der Waals surface area contributed by atoms with E-state index < -0.39 is 5.41 Å². The highest BCUT2D eigenvalue weighted by molar-refractivity contribution is 5.94. The molecule has 6 aromatic rings. The monoisotopic (exact) mass is 622 g/mol. The number of aryl methyl sites for hydroxylation is 4. The Kier molecular flexibility index (Phi) is 8.25. The van der Waals surface area contributed by atoms with Gasteiger partial charge in [-0.2, -0.15) is 0 Å². The molecule has 0 unspecified atom stereocenters. The molecule has 0 spiro atoms. The summed E-state index contributed by atoms with van der Waals surface area (Å²) >= 11 is 0. The second-order valence-corrected chi connectivity index (χ2v) is 12.8. The van der Waals surface area contributed by atoms with Crippen LogP contribution in [0.25, 0.3) is 32.7 Å². The highest BCUT2D eigenvalue weighted by Crippen LogP contribution is 2.57. The Balaban J connectivity index is 1.48. The summed E-state index contributed by atoms with van der Waals surface area (Å²) in [4.78, 5) is 0. The topological polar surface area (TPSA) is 36.9 Å². The quantitative estimate of drug-likeness (QED) is 0.142. The Hall–Kier alpha value is -4.64. The summed E-state index contributed by atoms with van der Waals surface area (Å²) in [5.74, 6) is 1.80. The third kappa shape index (κ3) is 5.17. The van der Waals surface area contributed by atoms with Gasteiger partial charge in [0.1, 0.15) is 24.7 Å². The van der Waals surface area contributed by atoms with E-state index in [0.29, 0.717) is 26.4 Å². The van der Waals surface area contributed by atoms with Crippen LogP contribution >= 0.6 is 0 Å². The van der Waals surface area contributed by atoms with E-state index in [0.717, 1.165) is 22.6 Å². The van der Waals surface area contributed by atoms with E-state index in [9.17, 15) is 0 Å². The van der Waals surface area contributed by atoms with Crippen molar-refractivity contribution in [1.29, 1.82) is 0 Å². The molecule has 47 heavy (non-hydrogen) atoms. The zero-order chi connectivity index (χ0) is 32.7. The molecular formula is C43H42O4. The van der Waals surface area contributed by atoms with Crippen LogP contribution in [-0.2, 0) is 14.9 Å². The van der Waals surface area contributed by atoms with E-state index in [2.05, 4.69) is 125 Å². The number of fused-ring (bicyclic) bond motifs is 5. The Bertz CT molecular complexity index is 1970. The molecule has 0 atom stereocenters. The Labute approximate surface area is 277 Å². The van der Waals surface area contributed by atoms with Gasteiger partial charge in [0.05, 0.1) is 18.6 Å². The first-order chi connectivity index (χ1) is 22.9. The average molecular weight is 623 g/mol. The maximum Gasteiger partial charge on any atom is 0.122 e. The number of rotatable bonds is 10. The molecule has 0 radical (unpaired) electrons. The largest absolute Gasteiger partial charge is 0.491 e. The number of hydrogen-bond donors (Lipinski definition) is 0. The summed E-state index contributed by atoms with van der Waals surface area (Å²) in [6, 6.07) is 36.5. The highest BCUT2D eigenvalue weighted by Gasteiger charge is 2.46. The van der Waals surface area contributed by atoms with Crippen molar-refractivity contribution in [1.82, 2.24) is 0 Å². The standard InChI is InChI=1S/C43H42O4/c1-27-7-13-37-38-14-8-28(2)24-40(38)43(39(37)23-27,33-11-15-35-29(3)41(46-21-19-44-5)17-9-31(35)25-33)34-12-16-36-30(4)42(47-22-20-45-6)18-10-32(36)26-34/h7-18,23-26H,19-22H2,1-6H3. The van der Waals surface area contributed by atoms with E-state index in [4.69, 9.17) is 18.9 Å². The molecule has 0 saturated heterocycles. The van der Waals surface area contributed by atoms with Crippen LogP contribution in [0.5, 0.6) is 11.5 Å². The molecule has 0 amide bonds. The van der Waals surface area contributed by atoms with Gasteiger partial charge >= 0.3 is 0 Å². The average Bonchev–Trinajstić information content (AvgIpc) is 3.35. The van der Waals surface area contributed by atoms with Crippen molar-refractivity contribution in [3.05, 3.63) is 142 Å². The smallest absolute Gasteiger partial charge is 0.122 e. The SMILES string of the molecule is COCCOc1ccc2cc(C3(c4ccc5c(C)c(OCCOC)ccc5c4)c4cc(C)ccc4-c4ccc(C)cc43)ccc2c1C. The summed E-state index contributed by atoms with van der Waals surface area (Å²) in [6.07, 6.45) is 0. The van der Waals surface area contributed by atoms with Crippen molar-refractivity contribution < 1.29 is 18.9 Å². The molecule has 4 heteroatoms. The summed E-state index contributed by atoms with van der Waals surface area (Å²) < 4.78 is 22.6. The van der Waals surface area contributed by atoms with Crippen LogP contribution < -0.4 is 9.47 Å². The first-order valence-electron chi connectivity index (χ1n) is 16.4. The molecule has 0 N–H and O–H groups in total. The molecule has 0 aromatic heterocycles. The zero-order valence-corrected chi connectivity index (χ0v) is 28.2. The molecule has 0 bridgehead atoms. The number of methoxy groups -OCH3 is 2. The summed E-state index contributed by atoms with van der Waals surface area (Å²) in [5.41, 5.74) is 12.0. The van der Waals surface area contributed by atoms with Crippen LogP contribution in [-0.4, -0.2) is 40.6 Å². The van der Waals surface area contributed by atoms with Gasteiger partial charge in [-0.25, -0.2) is 0 Å². The van der Waals surface area contributed by atoms with E-state index in [1.807, 2.05) is 0 Å². The van der Waals surface area contributed by atoms with E-state index in [-0.39, 0.29) is 0 Å². The van der Waals surface area contributed by atoms with Gasteiger partial charge in [-0.1, -0.05) is 83.9 Å². The fourth-order valence-corrected chi connectivity index (χ4v) is 7.52. The predicted molar refractivity (Wildman–Crippen MR) is 192 cm³/mol. The van der Waals surface area contributed by atoms with E-state index in [1.54, 1.807) is 14.2 Å². The van der Waals surface area contributed by atoms with Crippen LogP contribution in [0.2, 0.25) is 0 Å². The lowest BCUT2D eigenvalue weighted by molar-refractivity contribution is 0.146. The third-order valence-electron chi connectivity index (χ3n) is 9.88. The molecule has 6 aromatic carbocycles. The Morgan fingerprint density at radius 2 is 0.915 bits per heavy atom. The molecule has 0 aliphatic heterocycles. The summed E-state index contributed by atoms with van der Waals surface area (Å²) in [7, 11) is 3.40. The maximum atomic E-state index is 6.07. The predicted octanol–water partition coefficient (Wildman–Crippen LogP) is 9.64. The molecule has 4 nitrogen and oxygen atoms in total. The van der Waals surface area contributed by atoms with Gasteiger partial charge in [-0.05, 0) is 118 Å². The number of benzene rings is 6. The minimum Gasteiger partial charge on any atom is -0.491 e. The van der Waals surface area contributed by atoms with Gasteiger partial charge in [0, 0.05) is 14.2 Å². The molecule has 238 valence electrons. The lowest BCUT2D eigenvalue weighted by Gasteiger charge is -2.35. The minimum atomic E-state index is -0.506. The molecule has 0 saturated carbocycles. The number of hydrogen-bond acceptors (Lipinski definition) is 4. The van der Waals surface area contributed by atoms with Crippen molar-refractivity contribution >= 4 is 21.5 Å². The molecule has 7 rings (SSSR count). The second-order valence-electron chi connectivity index (χ2n) is 12.8. The van der Waals surface area contributed by atoms with Gasteiger partial charge in [0.15, 0.2) is 0 Å². The van der Waals surface area contributed by atoms with Gasteiger partial charge in [0.25, 0.3) is 0 Å². The maximum absolute atomic E-state index is 6.07. The fourth-order valence-electron chi connectivity index (χ4n) is 7.52. The summed E-state index contributed by atoms with van der Waals surface area (Å²) in [5, 5.41) is 4.79. The highest BCUT2D eigenvalue weighted by atomic mass is 16.5. The van der Waals surface area contributed by atoms with Crippen LogP contribution in [0.1, 0.15) is 44.5 Å². The number of ether oxygens (including phenoxy) is 4. The van der Waals surface area contributed by atoms with Crippen LogP contribution in [0, 0.1) is 27.7 Å². The molecule has 0 fully saturated rings. The van der Waals surface area contributed by atoms with Crippen molar-refractivity contribution in [3.8, 4) is 22.6 Å². The molecule has 0 heterocycles. The molecule has 1 aliphatic carbocycles. The molecular weight excluding hydrogens is 580 g/mol. The fraction of sp³-hybridized carbons (Fsp3) is 0.256. The van der Waals surface area contributed by atoms with Crippen LogP contribution in [0.15, 0.2) is 97.1 Å². The van der Waals surface area contributed by atoms with Crippen LogP contribution in [0.4, 0.5) is 0 Å². The minimum absolute atomic E-state index is 0.506. The Morgan fingerprint density at radius 1 is 0.468 bits per heavy atom. The first-order valence-corrected chi connectivity index (χ1v) is 16.4. The molecule has 1 aliphatic rings. The van der Waals surface area contributed by atoms with Gasteiger partial charge < -0.3 is 18.9 Å². The first kappa shape index (κ1) is 31.0. The zero-order valence-electron chi connectivity index (χ0n) is 28.2. The second kappa shape index (κ2) is 12.5. The van der Waals surface area contributed by atoms with Crippen molar-refractivity contribution in [3.63, 3.8) is 0 Å². The van der Waals surface area contributed by atoms with E-state index in [1.165, 1.54) is 66.1 Å². The van der Waals surface area contributed by atoms with Gasteiger partial charge in [-0.3, -0.25) is 0 Å². The van der Waals surface area contributed by atoms with Crippen LogP contribution in [0.3, 0.4) is 0 Å². The van der Waals surface area contributed by atoms with Crippen molar-refractivity contribution in [2.45, 2.75) is 33.1 Å². The van der Waals surface area contributed by atoms with Crippen molar-refractivity contribution in [2.75, 3.05) is 40.6 Å². The van der Waals surface area contributed by atoms with Gasteiger partial charge in [-0.15, -0.1) is 0 Å². The Morgan fingerprint density at radius 3 is 1.34 bits per heavy atom.